The minimum Gasteiger partial charge on any atom is -0.309 e. The Kier molecular flexibility index (Phi) is 6.97. The van der Waals surface area contributed by atoms with E-state index in [-0.39, 0.29) is 10.8 Å². The summed E-state index contributed by atoms with van der Waals surface area (Å²) in [6.45, 7) is 9.64. The molecule has 2 aromatic heterocycles. The number of hydrogen-bond donors (Lipinski definition) is 0. The molecule has 0 saturated heterocycles. The predicted molar refractivity (Wildman–Crippen MR) is 221 cm³/mol. The van der Waals surface area contributed by atoms with Gasteiger partial charge in [-0.25, -0.2) is 15.0 Å². The fourth-order valence-corrected chi connectivity index (χ4v) is 8.58. The number of nitrogens with zero attached hydrogens (tertiary/aromatic N) is 4. The van der Waals surface area contributed by atoms with Gasteiger partial charge >= 0.3 is 0 Å². The standard InChI is InChI=1S/C49H40N4/c1-48(2)25-26-49(3,4)42-30-44-40(29-41(42)48)38-18-10-11-20-43(38)53(44)36-24-23-33-27-35(22-21-34(33)28-36)46-50-45(32-14-6-5-7-15-32)51-47(52-46)39-19-12-16-31-13-8-9-17-37(31)39/h5-24,27-30H,25-26H2,1-4H3. The fraction of sp³-hybridized carbons (Fsp3) is 0.163. The van der Waals surface area contributed by atoms with Gasteiger partial charge in [0.1, 0.15) is 0 Å². The highest BCUT2D eigenvalue weighted by Gasteiger charge is 2.37. The molecule has 4 heteroatoms. The van der Waals surface area contributed by atoms with Gasteiger partial charge < -0.3 is 4.57 Å². The Bertz CT molecular complexity index is 2890. The Morgan fingerprint density at radius 1 is 0.434 bits per heavy atom. The molecular formula is C49H40N4. The van der Waals surface area contributed by atoms with Crippen LogP contribution in [0.5, 0.6) is 0 Å². The molecule has 0 unspecified atom stereocenters. The molecule has 1 aliphatic rings. The molecule has 0 spiro atoms. The Balaban J connectivity index is 1.12. The topological polar surface area (TPSA) is 43.6 Å². The first-order valence-corrected chi connectivity index (χ1v) is 18.7. The molecule has 10 rings (SSSR count). The first-order valence-electron chi connectivity index (χ1n) is 18.7. The van der Waals surface area contributed by atoms with Crippen LogP contribution in [0.25, 0.3) is 83.2 Å². The van der Waals surface area contributed by atoms with Gasteiger partial charge in [0, 0.05) is 33.2 Å². The minimum atomic E-state index is 0.128. The molecule has 1 aliphatic carbocycles. The summed E-state index contributed by atoms with van der Waals surface area (Å²) in [7, 11) is 0. The van der Waals surface area contributed by atoms with Crippen LogP contribution in [0.4, 0.5) is 0 Å². The number of fused-ring (bicyclic) bond motifs is 6. The van der Waals surface area contributed by atoms with Crippen LogP contribution in [0.3, 0.4) is 0 Å². The molecular weight excluding hydrogens is 645 g/mol. The monoisotopic (exact) mass is 684 g/mol. The number of para-hydroxylation sites is 1. The quantitative estimate of drug-likeness (QED) is 0.185. The van der Waals surface area contributed by atoms with E-state index in [0.29, 0.717) is 17.5 Å². The number of hydrogen-bond acceptors (Lipinski definition) is 3. The molecule has 7 aromatic carbocycles. The van der Waals surface area contributed by atoms with Crippen LogP contribution in [0.2, 0.25) is 0 Å². The van der Waals surface area contributed by atoms with Crippen LogP contribution in [0.1, 0.15) is 51.7 Å². The van der Waals surface area contributed by atoms with Crippen molar-refractivity contribution < 1.29 is 0 Å². The van der Waals surface area contributed by atoms with Crippen LogP contribution >= 0.6 is 0 Å². The lowest BCUT2D eigenvalue weighted by Crippen LogP contribution is -2.33. The van der Waals surface area contributed by atoms with E-state index >= 15 is 0 Å². The van der Waals surface area contributed by atoms with Gasteiger partial charge in [-0.15, -0.1) is 0 Å². The van der Waals surface area contributed by atoms with Crippen LogP contribution in [0.15, 0.2) is 146 Å². The van der Waals surface area contributed by atoms with Crippen LogP contribution in [0, 0.1) is 0 Å². The molecule has 0 saturated carbocycles. The molecule has 9 aromatic rings. The lowest BCUT2D eigenvalue weighted by atomic mass is 9.63. The normalized spacial score (nSPS) is 14.9. The first kappa shape index (κ1) is 31.6. The van der Waals surface area contributed by atoms with Crippen LogP contribution in [-0.4, -0.2) is 19.5 Å². The lowest BCUT2D eigenvalue weighted by Gasteiger charge is -2.42. The smallest absolute Gasteiger partial charge is 0.164 e. The molecule has 0 N–H and O–H groups in total. The molecule has 53 heavy (non-hydrogen) atoms. The average Bonchev–Trinajstić information content (AvgIpc) is 3.52. The molecule has 2 heterocycles. The Labute approximate surface area is 309 Å². The van der Waals surface area contributed by atoms with E-state index in [1.165, 1.54) is 51.2 Å². The van der Waals surface area contributed by atoms with Crippen molar-refractivity contribution in [1.29, 1.82) is 0 Å². The number of benzene rings is 7. The second-order valence-electron chi connectivity index (χ2n) is 16.0. The van der Waals surface area contributed by atoms with Crippen molar-refractivity contribution >= 4 is 43.4 Å². The third-order valence-corrected chi connectivity index (χ3v) is 11.7. The highest BCUT2D eigenvalue weighted by Crippen LogP contribution is 2.48. The zero-order chi connectivity index (χ0) is 35.9. The van der Waals surface area contributed by atoms with E-state index in [4.69, 9.17) is 15.0 Å². The fourth-order valence-electron chi connectivity index (χ4n) is 8.58. The average molecular weight is 685 g/mol. The zero-order valence-corrected chi connectivity index (χ0v) is 30.6. The van der Waals surface area contributed by atoms with Crippen molar-refractivity contribution in [2.75, 3.05) is 0 Å². The number of rotatable bonds is 4. The van der Waals surface area contributed by atoms with Crippen molar-refractivity contribution in [2.45, 2.75) is 51.4 Å². The molecule has 4 nitrogen and oxygen atoms in total. The summed E-state index contributed by atoms with van der Waals surface area (Å²) in [6.07, 6.45) is 2.39. The van der Waals surface area contributed by atoms with Gasteiger partial charge in [0.15, 0.2) is 17.5 Å². The van der Waals surface area contributed by atoms with Crippen molar-refractivity contribution in [2.24, 2.45) is 0 Å². The molecule has 0 radical (unpaired) electrons. The third kappa shape index (κ3) is 5.15. The van der Waals surface area contributed by atoms with Gasteiger partial charge in [-0.05, 0) is 92.7 Å². The highest BCUT2D eigenvalue weighted by atomic mass is 15.0. The van der Waals surface area contributed by atoms with E-state index in [9.17, 15) is 0 Å². The largest absolute Gasteiger partial charge is 0.309 e. The van der Waals surface area contributed by atoms with Crippen LogP contribution < -0.4 is 0 Å². The lowest BCUT2D eigenvalue weighted by molar-refractivity contribution is 0.332. The molecule has 256 valence electrons. The van der Waals surface area contributed by atoms with Crippen LogP contribution in [-0.2, 0) is 10.8 Å². The second-order valence-corrected chi connectivity index (χ2v) is 16.0. The maximum Gasteiger partial charge on any atom is 0.164 e. The first-order chi connectivity index (χ1) is 25.7. The maximum atomic E-state index is 5.11. The predicted octanol–water partition coefficient (Wildman–Crippen LogP) is 12.6. The maximum absolute atomic E-state index is 5.11. The Morgan fingerprint density at radius 2 is 1.06 bits per heavy atom. The summed E-state index contributed by atoms with van der Waals surface area (Å²) in [6, 6.07) is 52.1. The van der Waals surface area contributed by atoms with Gasteiger partial charge in [-0.2, -0.15) is 0 Å². The summed E-state index contributed by atoms with van der Waals surface area (Å²) in [4.78, 5) is 15.2. The Hall–Kier alpha value is -6.13. The minimum absolute atomic E-state index is 0.128. The van der Waals surface area contributed by atoms with Gasteiger partial charge in [-0.3, -0.25) is 0 Å². The number of aromatic nitrogens is 4. The van der Waals surface area contributed by atoms with E-state index in [1.807, 2.05) is 18.2 Å². The summed E-state index contributed by atoms with van der Waals surface area (Å²) in [5.74, 6) is 1.99. The van der Waals surface area contributed by atoms with E-state index in [0.717, 1.165) is 38.5 Å². The molecule has 0 aliphatic heterocycles. The Morgan fingerprint density at radius 3 is 1.87 bits per heavy atom. The van der Waals surface area contributed by atoms with Crippen molar-refractivity contribution in [1.82, 2.24) is 19.5 Å². The summed E-state index contributed by atoms with van der Waals surface area (Å²) < 4.78 is 2.46. The van der Waals surface area contributed by atoms with E-state index < -0.39 is 0 Å². The summed E-state index contributed by atoms with van der Waals surface area (Å²) in [5.41, 5.74) is 9.83. The van der Waals surface area contributed by atoms with Gasteiger partial charge in [-0.1, -0.05) is 137 Å². The van der Waals surface area contributed by atoms with Gasteiger partial charge in [0.2, 0.25) is 0 Å². The molecule has 0 atom stereocenters. The van der Waals surface area contributed by atoms with Crippen molar-refractivity contribution in [3.05, 3.63) is 157 Å². The zero-order valence-electron chi connectivity index (χ0n) is 30.6. The summed E-state index contributed by atoms with van der Waals surface area (Å²) in [5, 5.41) is 7.21. The van der Waals surface area contributed by atoms with Gasteiger partial charge in [0.25, 0.3) is 0 Å². The highest BCUT2D eigenvalue weighted by molar-refractivity contribution is 6.10. The van der Waals surface area contributed by atoms with E-state index in [1.54, 1.807) is 0 Å². The molecule has 0 amide bonds. The summed E-state index contributed by atoms with van der Waals surface area (Å²) >= 11 is 0. The van der Waals surface area contributed by atoms with E-state index in [2.05, 4.69) is 160 Å². The van der Waals surface area contributed by atoms with Crippen molar-refractivity contribution in [3.63, 3.8) is 0 Å². The molecule has 0 bridgehead atoms. The molecule has 0 fully saturated rings. The van der Waals surface area contributed by atoms with Gasteiger partial charge in [0.05, 0.1) is 11.0 Å². The SMILES string of the molecule is CC1(C)CCC(C)(C)c2cc3c(cc21)c1ccccc1n3-c1ccc2cc(-c3nc(-c4ccccc4)nc(-c4cccc5ccccc45)n3)ccc2c1. The second kappa shape index (κ2) is 11.7. The third-order valence-electron chi connectivity index (χ3n) is 11.7. The van der Waals surface area contributed by atoms with Crippen molar-refractivity contribution in [3.8, 4) is 39.9 Å².